The second-order valence-electron chi connectivity index (χ2n) is 5.62. The maximum Gasteiger partial charge on any atom is 0.182 e. The van der Waals surface area contributed by atoms with Crippen molar-refractivity contribution >= 4 is 34.7 Å². The van der Waals surface area contributed by atoms with Crippen molar-refractivity contribution in [2.75, 3.05) is 11.4 Å². The third-order valence-electron chi connectivity index (χ3n) is 4.13. The molecule has 5 nitrogen and oxygen atoms in total. The van der Waals surface area contributed by atoms with Crippen LogP contribution in [0.5, 0.6) is 0 Å². The minimum Gasteiger partial charge on any atom is -0.348 e. The predicted molar refractivity (Wildman–Crippen MR) is 92.5 cm³/mol. The molecular formula is C17H16ClN5. The maximum absolute atomic E-state index is 6.05. The first-order valence-corrected chi connectivity index (χ1v) is 8.03. The van der Waals surface area contributed by atoms with Crippen LogP contribution in [0.2, 0.25) is 5.02 Å². The zero-order valence-corrected chi connectivity index (χ0v) is 13.2. The van der Waals surface area contributed by atoms with Crippen molar-refractivity contribution in [3.05, 3.63) is 53.6 Å². The second-order valence-corrected chi connectivity index (χ2v) is 6.05. The summed E-state index contributed by atoms with van der Waals surface area (Å²) in [7, 11) is 0. The molecule has 3 heterocycles. The largest absolute Gasteiger partial charge is 0.348 e. The average Bonchev–Trinajstić information content (AvgIpc) is 3.21. The molecule has 1 saturated heterocycles. The van der Waals surface area contributed by atoms with Crippen molar-refractivity contribution < 1.29 is 0 Å². The molecule has 4 rings (SSSR count). The van der Waals surface area contributed by atoms with Gasteiger partial charge in [-0.3, -0.25) is 0 Å². The van der Waals surface area contributed by atoms with E-state index in [1.165, 1.54) is 0 Å². The van der Waals surface area contributed by atoms with Gasteiger partial charge in [-0.25, -0.2) is 15.0 Å². The number of aromatic nitrogens is 4. The molecule has 3 aromatic rings. The number of anilines is 1. The van der Waals surface area contributed by atoms with Crippen LogP contribution >= 0.6 is 11.6 Å². The molecule has 1 aliphatic heterocycles. The Balaban J connectivity index is 1.63. The lowest BCUT2D eigenvalue weighted by Crippen LogP contribution is -2.28. The van der Waals surface area contributed by atoms with E-state index in [1.54, 1.807) is 12.7 Å². The molecule has 23 heavy (non-hydrogen) atoms. The molecule has 0 saturated carbocycles. The number of hydrogen-bond donors (Lipinski definition) is 1. The molecule has 1 aromatic carbocycles. The lowest BCUT2D eigenvalue weighted by atomic mass is 10.1. The van der Waals surface area contributed by atoms with Gasteiger partial charge in [-0.15, -0.1) is 0 Å². The van der Waals surface area contributed by atoms with Crippen LogP contribution in [0.15, 0.2) is 43.0 Å². The van der Waals surface area contributed by atoms with Crippen molar-refractivity contribution in [2.24, 2.45) is 0 Å². The minimum atomic E-state index is 0.315. The Labute approximate surface area is 139 Å². The Bertz CT molecular complexity index is 857. The molecule has 0 amide bonds. The maximum atomic E-state index is 6.05. The highest BCUT2D eigenvalue weighted by Gasteiger charge is 2.25. The second kappa shape index (κ2) is 6.01. The Hall–Kier alpha value is -2.40. The van der Waals surface area contributed by atoms with E-state index >= 15 is 0 Å². The van der Waals surface area contributed by atoms with Gasteiger partial charge in [0.05, 0.1) is 6.33 Å². The number of fused-ring (bicyclic) bond motifs is 1. The van der Waals surface area contributed by atoms with E-state index in [0.29, 0.717) is 11.7 Å². The van der Waals surface area contributed by atoms with Crippen LogP contribution in [0, 0.1) is 0 Å². The van der Waals surface area contributed by atoms with E-state index in [-0.39, 0.29) is 0 Å². The first-order chi connectivity index (χ1) is 11.3. The van der Waals surface area contributed by atoms with Gasteiger partial charge in [0.2, 0.25) is 0 Å². The topological polar surface area (TPSA) is 57.7 Å². The fourth-order valence-electron chi connectivity index (χ4n) is 3.06. The highest BCUT2D eigenvalue weighted by Crippen LogP contribution is 2.29. The van der Waals surface area contributed by atoms with E-state index in [9.17, 15) is 0 Å². The lowest BCUT2D eigenvalue weighted by molar-refractivity contribution is 0.799. The van der Waals surface area contributed by atoms with Crippen molar-refractivity contribution in [1.29, 1.82) is 0 Å². The number of rotatable bonds is 3. The summed E-state index contributed by atoms with van der Waals surface area (Å²) >= 11 is 6.05. The number of hydrogen-bond acceptors (Lipinski definition) is 4. The summed E-state index contributed by atoms with van der Waals surface area (Å²) in [4.78, 5) is 18.3. The molecule has 0 aliphatic carbocycles. The number of nitrogens with one attached hydrogen (secondary N) is 1. The summed E-state index contributed by atoms with van der Waals surface area (Å²) in [6, 6.07) is 8.19. The summed E-state index contributed by atoms with van der Waals surface area (Å²) in [5, 5.41) is 0.755. The van der Waals surface area contributed by atoms with Crippen LogP contribution in [-0.2, 0) is 0 Å². The molecule has 1 N–H and O–H groups in total. The highest BCUT2D eigenvalue weighted by molar-refractivity contribution is 6.30. The van der Waals surface area contributed by atoms with E-state index in [1.807, 2.05) is 18.2 Å². The van der Waals surface area contributed by atoms with Crippen LogP contribution in [-0.4, -0.2) is 32.5 Å². The van der Waals surface area contributed by atoms with Crippen LogP contribution < -0.4 is 4.90 Å². The quantitative estimate of drug-likeness (QED) is 0.798. The first kappa shape index (κ1) is 14.2. The summed E-state index contributed by atoms with van der Waals surface area (Å²) in [6.07, 6.45) is 9.84. The van der Waals surface area contributed by atoms with Gasteiger partial charge in [0, 0.05) is 17.6 Å². The van der Waals surface area contributed by atoms with Gasteiger partial charge in [0.1, 0.15) is 11.8 Å². The molecule has 116 valence electrons. The molecule has 0 bridgehead atoms. The smallest absolute Gasteiger partial charge is 0.182 e. The van der Waals surface area contributed by atoms with Crippen LogP contribution in [0.3, 0.4) is 0 Å². The molecule has 2 aromatic heterocycles. The third kappa shape index (κ3) is 2.80. The minimum absolute atomic E-state index is 0.315. The van der Waals surface area contributed by atoms with Crippen LogP contribution in [0.1, 0.15) is 18.4 Å². The van der Waals surface area contributed by atoms with E-state index < -0.39 is 0 Å². The third-order valence-corrected chi connectivity index (χ3v) is 4.37. The molecule has 0 spiro atoms. The average molecular weight is 326 g/mol. The van der Waals surface area contributed by atoms with Gasteiger partial charge in [-0.05, 0) is 30.5 Å². The standard InChI is InChI=1S/C17H16ClN5/c18-13-4-1-3-12(9-13)6-7-14-5-2-8-23(14)17-15-16(20-10-19-15)21-11-22-17/h1,3-4,6-7,9-11,14H,2,5,8H2,(H,19,20,21,22)/b7-6+/t14-/m1/s1. The van der Waals surface area contributed by atoms with Crippen LogP contribution in [0.4, 0.5) is 5.82 Å². The summed E-state index contributed by atoms with van der Waals surface area (Å²) in [5.74, 6) is 0.922. The highest BCUT2D eigenvalue weighted by atomic mass is 35.5. The summed E-state index contributed by atoms with van der Waals surface area (Å²) in [5.41, 5.74) is 2.72. The first-order valence-electron chi connectivity index (χ1n) is 7.66. The van der Waals surface area contributed by atoms with Crippen molar-refractivity contribution in [3.8, 4) is 0 Å². The lowest BCUT2D eigenvalue weighted by Gasteiger charge is -2.23. The zero-order chi connectivity index (χ0) is 15.6. The Morgan fingerprint density at radius 2 is 2.22 bits per heavy atom. The van der Waals surface area contributed by atoms with Gasteiger partial charge in [-0.2, -0.15) is 0 Å². The fraction of sp³-hybridized carbons (Fsp3) is 0.235. The fourth-order valence-corrected chi connectivity index (χ4v) is 3.26. The zero-order valence-electron chi connectivity index (χ0n) is 12.5. The molecule has 0 unspecified atom stereocenters. The van der Waals surface area contributed by atoms with Gasteiger partial charge in [0.15, 0.2) is 11.5 Å². The SMILES string of the molecule is Clc1cccc(/C=C/[C@H]2CCCN2c2ncnc3nc[nH]c23)c1. The number of halogens is 1. The van der Waals surface area contributed by atoms with Gasteiger partial charge < -0.3 is 9.88 Å². The molecule has 1 fully saturated rings. The summed E-state index contributed by atoms with van der Waals surface area (Å²) < 4.78 is 0. The molecule has 6 heteroatoms. The number of H-pyrrole nitrogens is 1. The Morgan fingerprint density at radius 1 is 1.26 bits per heavy atom. The van der Waals surface area contributed by atoms with E-state index in [0.717, 1.165) is 41.3 Å². The Morgan fingerprint density at radius 3 is 3.13 bits per heavy atom. The number of benzene rings is 1. The van der Waals surface area contributed by atoms with Crippen molar-refractivity contribution in [1.82, 2.24) is 19.9 Å². The molecule has 0 radical (unpaired) electrons. The van der Waals surface area contributed by atoms with Gasteiger partial charge >= 0.3 is 0 Å². The van der Waals surface area contributed by atoms with Gasteiger partial charge in [-0.1, -0.05) is 35.9 Å². The molecule has 1 aliphatic rings. The van der Waals surface area contributed by atoms with Crippen molar-refractivity contribution in [3.63, 3.8) is 0 Å². The molecular weight excluding hydrogens is 310 g/mol. The number of imidazole rings is 1. The number of aromatic amines is 1. The van der Waals surface area contributed by atoms with Crippen LogP contribution in [0.25, 0.3) is 17.2 Å². The normalized spacial score (nSPS) is 18.3. The number of nitrogens with zero attached hydrogens (tertiary/aromatic N) is 4. The van der Waals surface area contributed by atoms with E-state index in [2.05, 4.69) is 43.1 Å². The molecule has 1 atom stereocenters. The predicted octanol–water partition coefficient (Wildman–Crippen LogP) is 3.69. The van der Waals surface area contributed by atoms with Gasteiger partial charge in [0.25, 0.3) is 0 Å². The summed E-state index contributed by atoms with van der Waals surface area (Å²) in [6.45, 7) is 0.982. The van der Waals surface area contributed by atoms with E-state index in [4.69, 9.17) is 11.6 Å². The Kier molecular flexibility index (Phi) is 3.71. The van der Waals surface area contributed by atoms with Crippen molar-refractivity contribution in [2.45, 2.75) is 18.9 Å². The monoisotopic (exact) mass is 325 g/mol.